The van der Waals surface area contributed by atoms with Crippen LogP contribution in [-0.4, -0.2) is 38.2 Å². The van der Waals surface area contributed by atoms with Gasteiger partial charge in [-0.15, -0.1) is 0 Å². The fraction of sp³-hybridized carbons (Fsp3) is 0.194. The molecule has 0 N–H and O–H groups in total. The predicted molar refractivity (Wildman–Crippen MR) is 141 cm³/mol. The number of nitrogens with zero attached hydrogens (tertiary/aromatic N) is 1. The van der Waals surface area contributed by atoms with Crippen LogP contribution in [0, 0.1) is 5.82 Å². The maximum Gasteiger partial charge on any atom is 0.254 e. The van der Waals surface area contributed by atoms with Crippen molar-refractivity contribution in [1.82, 2.24) is 4.90 Å². The Labute approximate surface area is 216 Å². The summed E-state index contributed by atoms with van der Waals surface area (Å²) >= 11 is 0. The summed E-state index contributed by atoms with van der Waals surface area (Å²) in [6.07, 6.45) is 0.677. The molecule has 6 heteroatoms. The number of amides is 1. The molecular formula is C31H28FNO4. The molecule has 1 aliphatic heterocycles. The van der Waals surface area contributed by atoms with Crippen molar-refractivity contribution in [2.24, 2.45) is 0 Å². The average Bonchev–Trinajstić information content (AvgIpc) is 2.96. The van der Waals surface area contributed by atoms with E-state index in [4.69, 9.17) is 14.2 Å². The molecule has 0 aromatic heterocycles. The lowest BCUT2D eigenvalue weighted by atomic mass is 9.91. The van der Waals surface area contributed by atoms with Gasteiger partial charge in [0, 0.05) is 12.1 Å². The molecule has 37 heavy (non-hydrogen) atoms. The van der Waals surface area contributed by atoms with Crippen LogP contribution in [0.4, 0.5) is 4.39 Å². The van der Waals surface area contributed by atoms with Crippen LogP contribution in [0.15, 0.2) is 91.0 Å². The van der Waals surface area contributed by atoms with Gasteiger partial charge in [-0.05, 0) is 77.2 Å². The van der Waals surface area contributed by atoms with Crippen molar-refractivity contribution in [2.75, 3.05) is 27.4 Å². The summed E-state index contributed by atoms with van der Waals surface area (Å²) in [4.78, 5) is 15.6. The Bertz CT molecular complexity index is 1370. The highest BCUT2D eigenvalue weighted by Crippen LogP contribution is 2.39. The Kier molecular flexibility index (Phi) is 7.08. The van der Waals surface area contributed by atoms with E-state index in [0.717, 1.165) is 22.3 Å². The van der Waals surface area contributed by atoms with E-state index in [9.17, 15) is 9.18 Å². The molecule has 0 unspecified atom stereocenters. The Hall–Kier alpha value is -4.32. The molecule has 0 aliphatic carbocycles. The second kappa shape index (κ2) is 10.7. The van der Waals surface area contributed by atoms with Gasteiger partial charge in [0.1, 0.15) is 18.2 Å². The van der Waals surface area contributed by atoms with Gasteiger partial charge >= 0.3 is 0 Å². The monoisotopic (exact) mass is 497 g/mol. The molecule has 188 valence electrons. The number of benzene rings is 4. The molecule has 0 spiro atoms. The van der Waals surface area contributed by atoms with Crippen LogP contribution in [0.2, 0.25) is 0 Å². The standard InChI is InChI=1S/C31H28FNO4/c1-35-29-18-24-16-17-33(31(34)23-10-8-22(9-11-23)21-6-4-3-5-7-21)28(27(24)19-30(29)36-2)20-37-26-14-12-25(32)13-15-26/h3-15,18-19,28H,16-17,20H2,1-2H3/t28-/m0/s1. The van der Waals surface area contributed by atoms with Crippen LogP contribution >= 0.6 is 0 Å². The molecule has 4 aromatic rings. The summed E-state index contributed by atoms with van der Waals surface area (Å²) < 4.78 is 30.5. The van der Waals surface area contributed by atoms with E-state index < -0.39 is 0 Å². The minimum Gasteiger partial charge on any atom is -0.493 e. The summed E-state index contributed by atoms with van der Waals surface area (Å²) in [5.74, 6) is 1.37. The Balaban J connectivity index is 1.46. The van der Waals surface area contributed by atoms with Gasteiger partial charge in [0.15, 0.2) is 11.5 Å². The molecular weight excluding hydrogens is 469 g/mol. The number of ether oxygens (including phenoxy) is 3. The van der Waals surface area contributed by atoms with Crippen molar-refractivity contribution in [2.45, 2.75) is 12.5 Å². The summed E-state index contributed by atoms with van der Waals surface area (Å²) in [5.41, 5.74) is 4.78. The Morgan fingerprint density at radius 1 is 0.865 bits per heavy atom. The predicted octanol–water partition coefficient (Wildman–Crippen LogP) is 6.33. The topological polar surface area (TPSA) is 48.0 Å². The molecule has 5 rings (SSSR count). The lowest BCUT2D eigenvalue weighted by Crippen LogP contribution is -2.42. The van der Waals surface area contributed by atoms with Crippen molar-refractivity contribution < 1.29 is 23.4 Å². The Morgan fingerprint density at radius 2 is 1.51 bits per heavy atom. The van der Waals surface area contributed by atoms with E-state index in [1.54, 1.807) is 26.4 Å². The second-order valence-electron chi connectivity index (χ2n) is 8.88. The van der Waals surface area contributed by atoms with Gasteiger partial charge in [0.25, 0.3) is 5.91 Å². The van der Waals surface area contributed by atoms with E-state index >= 15 is 0 Å². The molecule has 1 amide bonds. The minimum absolute atomic E-state index is 0.0762. The fourth-order valence-corrected chi connectivity index (χ4v) is 4.76. The quantitative estimate of drug-likeness (QED) is 0.299. The number of halogens is 1. The smallest absolute Gasteiger partial charge is 0.254 e. The molecule has 1 atom stereocenters. The third-order valence-electron chi connectivity index (χ3n) is 6.72. The van der Waals surface area contributed by atoms with Crippen LogP contribution in [0.25, 0.3) is 11.1 Å². The van der Waals surface area contributed by atoms with Gasteiger partial charge < -0.3 is 19.1 Å². The normalized spacial score (nSPS) is 14.6. The number of carbonyl (C=O) groups is 1. The lowest BCUT2D eigenvalue weighted by Gasteiger charge is -2.37. The van der Waals surface area contributed by atoms with Gasteiger partial charge in [0.2, 0.25) is 0 Å². The molecule has 0 radical (unpaired) electrons. The van der Waals surface area contributed by atoms with Crippen LogP contribution in [0.3, 0.4) is 0 Å². The van der Waals surface area contributed by atoms with Crippen LogP contribution < -0.4 is 14.2 Å². The van der Waals surface area contributed by atoms with Crippen molar-refractivity contribution in [3.05, 3.63) is 114 Å². The molecule has 1 aliphatic rings. The molecule has 0 bridgehead atoms. The first kappa shape index (κ1) is 24.4. The zero-order valence-electron chi connectivity index (χ0n) is 20.8. The molecule has 0 fully saturated rings. The van der Waals surface area contributed by atoms with Gasteiger partial charge in [-0.2, -0.15) is 0 Å². The SMILES string of the molecule is COc1cc2c(cc1OC)[C@H](COc1ccc(F)cc1)N(C(=O)c1ccc(-c3ccccc3)cc1)CC2. The summed E-state index contributed by atoms with van der Waals surface area (Å²) in [5, 5.41) is 0. The molecule has 4 aromatic carbocycles. The van der Waals surface area contributed by atoms with Crippen LogP contribution in [-0.2, 0) is 6.42 Å². The molecule has 5 nitrogen and oxygen atoms in total. The first-order valence-electron chi connectivity index (χ1n) is 12.2. The largest absolute Gasteiger partial charge is 0.493 e. The zero-order chi connectivity index (χ0) is 25.8. The average molecular weight is 498 g/mol. The zero-order valence-corrected chi connectivity index (χ0v) is 20.8. The first-order valence-corrected chi connectivity index (χ1v) is 12.2. The van der Waals surface area contributed by atoms with E-state index in [1.807, 2.05) is 71.6 Å². The van der Waals surface area contributed by atoms with Crippen molar-refractivity contribution in [3.63, 3.8) is 0 Å². The van der Waals surface area contributed by atoms with Crippen LogP contribution in [0.1, 0.15) is 27.5 Å². The minimum atomic E-state index is -0.366. The fourth-order valence-electron chi connectivity index (χ4n) is 4.76. The molecule has 1 heterocycles. The number of hydrogen-bond acceptors (Lipinski definition) is 4. The third-order valence-corrected chi connectivity index (χ3v) is 6.72. The second-order valence-corrected chi connectivity index (χ2v) is 8.88. The Morgan fingerprint density at radius 3 is 2.19 bits per heavy atom. The van der Waals surface area contributed by atoms with Gasteiger partial charge in [-0.3, -0.25) is 4.79 Å². The van der Waals surface area contributed by atoms with Crippen molar-refractivity contribution in [3.8, 4) is 28.4 Å². The maximum atomic E-state index is 13.8. The van der Waals surface area contributed by atoms with Gasteiger partial charge in [-0.25, -0.2) is 4.39 Å². The highest BCUT2D eigenvalue weighted by atomic mass is 19.1. The number of fused-ring (bicyclic) bond motifs is 1. The third kappa shape index (κ3) is 5.14. The molecule has 0 saturated carbocycles. The number of methoxy groups -OCH3 is 2. The van der Waals surface area contributed by atoms with E-state index in [2.05, 4.69) is 0 Å². The first-order chi connectivity index (χ1) is 18.1. The summed E-state index contributed by atoms with van der Waals surface area (Å²) in [6.45, 7) is 0.737. The molecule has 0 saturated heterocycles. The van der Waals surface area contributed by atoms with Crippen molar-refractivity contribution >= 4 is 5.91 Å². The van der Waals surface area contributed by atoms with E-state index in [-0.39, 0.29) is 24.4 Å². The van der Waals surface area contributed by atoms with Crippen LogP contribution in [0.5, 0.6) is 17.2 Å². The lowest BCUT2D eigenvalue weighted by molar-refractivity contribution is 0.0589. The van der Waals surface area contributed by atoms with E-state index in [1.165, 1.54) is 12.1 Å². The number of rotatable bonds is 7. The summed E-state index contributed by atoms with van der Waals surface area (Å²) in [7, 11) is 3.20. The van der Waals surface area contributed by atoms with E-state index in [0.29, 0.717) is 35.8 Å². The number of hydrogen-bond donors (Lipinski definition) is 0. The number of carbonyl (C=O) groups excluding carboxylic acids is 1. The summed E-state index contributed by atoms with van der Waals surface area (Å²) in [6, 6.07) is 27.1. The highest BCUT2D eigenvalue weighted by Gasteiger charge is 2.33. The van der Waals surface area contributed by atoms with Gasteiger partial charge in [-0.1, -0.05) is 42.5 Å². The van der Waals surface area contributed by atoms with Crippen molar-refractivity contribution in [1.29, 1.82) is 0 Å². The van der Waals surface area contributed by atoms with Gasteiger partial charge in [0.05, 0.1) is 20.3 Å². The maximum absolute atomic E-state index is 13.8. The highest BCUT2D eigenvalue weighted by molar-refractivity contribution is 5.95.